The van der Waals surface area contributed by atoms with Crippen molar-refractivity contribution >= 4 is 34.7 Å². The molecule has 0 spiro atoms. The molecule has 0 fully saturated rings. The topological polar surface area (TPSA) is 70.9 Å². The molecule has 0 atom stereocenters. The molecule has 0 radical (unpaired) electrons. The van der Waals surface area contributed by atoms with Crippen molar-refractivity contribution < 1.29 is 14.6 Å². The van der Waals surface area contributed by atoms with E-state index in [1.54, 1.807) is 37.6 Å². The van der Waals surface area contributed by atoms with Crippen molar-refractivity contribution in [2.24, 2.45) is 5.10 Å². The molecule has 2 aromatic rings. The van der Waals surface area contributed by atoms with E-state index in [0.29, 0.717) is 11.3 Å². The van der Waals surface area contributed by atoms with Gasteiger partial charge in [0.1, 0.15) is 11.5 Å². The predicted octanol–water partition coefficient (Wildman–Crippen LogP) is 3.39. The van der Waals surface area contributed by atoms with E-state index >= 15 is 0 Å². The number of hydrogen-bond acceptors (Lipinski definition) is 4. The molecule has 0 aliphatic rings. The second kappa shape index (κ2) is 7.45. The Kier molecular flexibility index (Phi) is 5.59. The van der Waals surface area contributed by atoms with Crippen molar-refractivity contribution in [1.29, 1.82) is 0 Å². The lowest BCUT2D eigenvalue weighted by Crippen LogP contribution is -2.17. The van der Waals surface area contributed by atoms with Gasteiger partial charge in [-0.15, -0.1) is 0 Å². The minimum Gasteiger partial charge on any atom is -0.507 e. The monoisotopic (exact) mass is 424 g/mol. The van der Waals surface area contributed by atoms with Crippen molar-refractivity contribution in [3.05, 3.63) is 56.2 Å². The summed E-state index contributed by atoms with van der Waals surface area (Å²) in [5.41, 5.74) is 5.28. The van der Waals surface area contributed by atoms with Gasteiger partial charge in [-0.05, 0) is 83.5 Å². The van der Waals surface area contributed by atoms with E-state index in [9.17, 15) is 9.90 Å². The minimum absolute atomic E-state index is 0.275. The number of ether oxygens (including phenoxy) is 1. The fourth-order valence-electron chi connectivity index (χ4n) is 2.09. The van der Waals surface area contributed by atoms with Crippen molar-refractivity contribution in [3.63, 3.8) is 0 Å². The van der Waals surface area contributed by atoms with E-state index in [4.69, 9.17) is 4.74 Å². The highest BCUT2D eigenvalue weighted by molar-refractivity contribution is 14.1. The normalized spacial score (nSPS) is 10.8. The number of nitrogens with one attached hydrogen (secondary N) is 1. The average Bonchev–Trinajstić information content (AvgIpc) is 2.52. The first-order valence-corrected chi connectivity index (χ1v) is 7.97. The molecule has 6 heteroatoms. The van der Waals surface area contributed by atoms with Crippen molar-refractivity contribution in [1.82, 2.24) is 5.43 Å². The van der Waals surface area contributed by atoms with Crippen LogP contribution in [0.1, 0.15) is 27.0 Å². The highest BCUT2D eigenvalue weighted by Crippen LogP contribution is 2.22. The number of carbonyl (C=O) groups is 1. The van der Waals surface area contributed by atoms with Gasteiger partial charge in [0, 0.05) is 5.56 Å². The van der Waals surface area contributed by atoms with Crippen LogP contribution in [0.2, 0.25) is 0 Å². The third-order valence-electron chi connectivity index (χ3n) is 3.31. The summed E-state index contributed by atoms with van der Waals surface area (Å²) in [4.78, 5) is 12.1. The fourth-order valence-corrected chi connectivity index (χ4v) is 2.65. The smallest absolute Gasteiger partial charge is 0.271 e. The van der Waals surface area contributed by atoms with Crippen molar-refractivity contribution in [2.75, 3.05) is 7.11 Å². The number of rotatable bonds is 4. The van der Waals surface area contributed by atoms with Gasteiger partial charge in [-0.1, -0.05) is 0 Å². The molecule has 0 aliphatic carbocycles. The summed E-state index contributed by atoms with van der Waals surface area (Å²) in [5, 5.41) is 13.7. The van der Waals surface area contributed by atoms with Crippen LogP contribution in [0.4, 0.5) is 0 Å². The SMILES string of the molecule is COc1cc(C(=O)NN=Cc2cc(C)c(O)c(C)c2)ccc1I. The maximum Gasteiger partial charge on any atom is 0.271 e. The van der Waals surface area contributed by atoms with Crippen molar-refractivity contribution in [2.45, 2.75) is 13.8 Å². The molecule has 0 unspecified atom stereocenters. The molecule has 0 saturated carbocycles. The van der Waals surface area contributed by atoms with Gasteiger partial charge in [0.15, 0.2) is 0 Å². The number of benzene rings is 2. The van der Waals surface area contributed by atoms with Gasteiger partial charge in [-0.3, -0.25) is 4.79 Å². The Labute approximate surface area is 148 Å². The highest BCUT2D eigenvalue weighted by atomic mass is 127. The Hall–Kier alpha value is -2.09. The number of amides is 1. The van der Waals surface area contributed by atoms with E-state index in [2.05, 4.69) is 33.1 Å². The molecule has 2 rings (SSSR count). The maximum absolute atomic E-state index is 12.1. The van der Waals surface area contributed by atoms with E-state index in [1.807, 2.05) is 19.9 Å². The number of aryl methyl sites for hydroxylation is 2. The van der Waals surface area contributed by atoms with Crippen LogP contribution < -0.4 is 10.2 Å². The Balaban J connectivity index is 2.10. The first kappa shape index (κ1) is 17.3. The van der Waals surface area contributed by atoms with Crippen LogP contribution in [0.25, 0.3) is 0 Å². The zero-order valence-electron chi connectivity index (χ0n) is 13.1. The summed E-state index contributed by atoms with van der Waals surface area (Å²) < 4.78 is 6.13. The third-order valence-corrected chi connectivity index (χ3v) is 4.20. The summed E-state index contributed by atoms with van der Waals surface area (Å²) in [6.45, 7) is 3.63. The molecule has 2 N–H and O–H groups in total. The summed E-state index contributed by atoms with van der Waals surface area (Å²) in [5.74, 6) is 0.604. The van der Waals surface area contributed by atoms with E-state index in [1.165, 1.54) is 0 Å². The van der Waals surface area contributed by atoms with Gasteiger partial charge in [-0.25, -0.2) is 5.43 Å². The number of phenolic OH excluding ortho intramolecular Hbond substituents is 1. The molecule has 23 heavy (non-hydrogen) atoms. The van der Waals surface area contributed by atoms with Gasteiger partial charge in [0.2, 0.25) is 0 Å². The van der Waals surface area contributed by atoms with Crippen LogP contribution in [0.5, 0.6) is 11.5 Å². The standard InChI is InChI=1S/C17H17IN2O3/c1-10-6-12(7-11(2)16(10)21)9-19-20-17(22)13-4-5-14(18)15(8-13)23-3/h4-9,21H,1-3H3,(H,20,22). The first-order valence-electron chi connectivity index (χ1n) is 6.89. The predicted molar refractivity (Wildman–Crippen MR) is 98.4 cm³/mol. The molecule has 2 aromatic carbocycles. The molecule has 120 valence electrons. The van der Waals surface area contributed by atoms with Crippen LogP contribution in [0, 0.1) is 17.4 Å². The molecule has 0 aromatic heterocycles. The maximum atomic E-state index is 12.1. The molecular formula is C17H17IN2O3. The highest BCUT2D eigenvalue weighted by Gasteiger charge is 2.08. The molecule has 0 heterocycles. The molecule has 0 saturated heterocycles. The van der Waals surface area contributed by atoms with Crippen molar-refractivity contribution in [3.8, 4) is 11.5 Å². The number of methoxy groups -OCH3 is 1. The number of hydrogen-bond donors (Lipinski definition) is 2. The number of halogens is 1. The Morgan fingerprint density at radius 3 is 2.52 bits per heavy atom. The van der Waals surface area contributed by atoms with Crippen LogP contribution in [0.3, 0.4) is 0 Å². The van der Waals surface area contributed by atoms with E-state index in [-0.39, 0.29) is 11.7 Å². The van der Waals surface area contributed by atoms with E-state index < -0.39 is 0 Å². The number of carbonyl (C=O) groups excluding carboxylic acids is 1. The zero-order chi connectivity index (χ0) is 17.0. The molecule has 0 aliphatic heterocycles. The number of phenols is 1. The number of hydrazone groups is 1. The van der Waals surface area contributed by atoms with Gasteiger partial charge < -0.3 is 9.84 Å². The second-order valence-corrected chi connectivity index (χ2v) is 6.21. The lowest BCUT2D eigenvalue weighted by Gasteiger charge is -2.06. The summed E-state index contributed by atoms with van der Waals surface area (Å²) in [6.07, 6.45) is 1.54. The summed E-state index contributed by atoms with van der Waals surface area (Å²) in [7, 11) is 1.56. The van der Waals surface area contributed by atoms with E-state index in [0.717, 1.165) is 20.3 Å². The van der Waals surface area contributed by atoms with Crippen LogP contribution in [0.15, 0.2) is 35.4 Å². The minimum atomic E-state index is -0.317. The molecule has 0 bridgehead atoms. The van der Waals surface area contributed by atoms with Gasteiger partial charge >= 0.3 is 0 Å². The second-order valence-electron chi connectivity index (χ2n) is 5.05. The Bertz CT molecular complexity index is 749. The van der Waals surface area contributed by atoms with Gasteiger partial charge in [0.05, 0.1) is 16.9 Å². The molecule has 1 amide bonds. The van der Waals surface area contributed by atoms with Gasteiger partial charge in [-0.2, -0.15) is 5.10 Å². The first-order chi connectivity index (χ1) is 10.9. The van der Waals surface area contributed by atoms with Crippen LogP contribution >= 0.6 is 22.6 Å². The largest absolute Gasteiger partial charge is 0.507 e. The fraction of sp³-hybridized carbons (Fsp3) is 0.176. The quantitative estimate of drug-likeness (QED) is 0.449. The molecule has 5 nitrogen and oxygen atoms in total. The molecular weight excluding hydrogens is 407 g/mol. The summed E-state index contributed by atoms with van der Waals surface area (Å²) >= 11 is 2.14. The number of aromatic hydroxyl groups is 1. The lowest BCUT2D eigenvalue weighted by molar-refractivity contribution is 0.0954. The lowest BCUT2D eigenvalue weighted by atomic mass is 10.1. The Morgan fingerprint density at radius 2 is 1.91 bits per heavy atom. The van der Waals surface area contributed by atoms with Crippen LogP contribution in [-0.4, -0.2) is 24.3 Å². The average molecular weight is 424 g/mol. The summed E-state index contributed by atoms with van der Waals surface area (Å²) in [6, 6.07) is 8.79. The third kappa shape index (κ3) is 4.22. The van der Waals surface area contributed by atoms with Crippen LogP contribution in [-0.2, 0) is 0 Å². The number of nitrogens with zero attached hydrogens (tertiary/aromatic N) is 1. The Morgan fingerprint density at radius 1 is 1.26 bits per heavy atom. The van der Waals surface area contributed by atoms with Gasteiger partial charge in [0.25, 0.3) is 5.91 Å². The zero-order valence-corrected chi connectivity index (χ0v) is 15.2.